The van der Waals surface area contributed by atoms with Crippen molar-refractivity contribution in [3.8, 4) is 0 Å². The van der Waals surface area contributed by atoms with E-state index in [0.29, 0.717) is 0 Å². The molecule has 1 rings (SSSR count). The minimum absolute atomic E-state index is 0. The summed E-state index contributed by atoms with van der Waals surface area (Å²) in [5.74, 6) is 0. The molecule has 0 fully saturated rings. The quantitative estimate of drug-likeness (QED) is 0.694. The van der Waals surface area contributed by atoms with Crippen molar-refractivity contribution in [3.63, 3.8) is 0 Å². The molecule has 0 atom stereocenters. The zero-order valence-electron chi connectivity index (χ0n) is 6.26. The Kier molecular flexibility index (Phi) is 4.10. The van der Waals surface area contributed by atoms with Gasteiger partial charge in [0.05, 0.1) is 4.90 Å². The van der Waals surface area contributed by atoms with Gasteiger partial charge in [0.15, 0.2) is 0 Å². The summed E-state index contributed by atoms with van der Waals surface area (Å²) in [6.07, 6.45) is 0. The van der Waals surface area contributed by atoms with Crippen LogP contribution in [0.4, 0.5) is 0 Å². The Balaban J connectivity index is 0.00000121. The standard InChI is InChI=1S/C7H8O3S.Pt/c1-6-2-4-7(5-3-6)11(8,9)10;/h2-5H,1H3,(H,8,9,10);/q;+2/p-1. The maximum Gasteiger partial charge on any atom is 2.00 e. The van der Waals surface area contributed by atoms with Crippen LogP contribution in [0.15, 0.2) is 29.2 Å². The van der Waals surface area contributed by atoms with Gasteiger partial charge >= 0.3 is 21.1 Å². The summed E-state index contributed by atoms with van der Waals surface area (Å²) in [4.78, 5) is -0.178. The molecule has 0 N–H and O–H groups in total. The molecule has 0 bridgehead atoms. The predicted molar refractivity (Wildman–Crippen MR) is 39.1 cm³/mol. The number of rotatable bonds is 1. The number of benzene rings is 1. The zero-order valence-corrected chi connectivity index (χ0v) is 9.35. The fourth-order valence-electron chi connectivity index (χ4n) is 0.705. The molecule has 0 aliphatic carbocycles. The van der Waals surface area contributed by atoms with Crippen molar-refractivity contribution in [3.05, 3.63) is 29.8 Å². The molecule has 0 saturated heterocycles. The first-order valence-corrected chi connectivity index (χ1v) is 4.43. The number of aryl methyl sites for hydroxylation is 1. The first-order valence-electron chi connectivity index (χ1n) is 3.03. The Hall–Kier alpha value is -0.182. The molecule has 0 aliphatic rings. The van der Waals surface area contributed by atoms with E-state index >= 15 is 0 Å². The van der Waals surface area contributed by atoms with E-state index in [0.717, 1.165) is 5.56 Å². The second-order valence-electron chi connectivity index (χ2n) is 2.27. The van der Waals surface area contributed by atoms with E-state index in [1.807, 2.05) is 6.92 Å². The van der Waals surface area contributed by atoms with Gasteiger partial charge in [0.1, 0.15) is 10.1 Å². The van der Waals surface area contributed by atoms with Crippen LogP contribution in [0.5, 0.6) is 0 Å². The molecule has 0 heterocycles. The van der Waals surface area contributed by atoms with Crippen LogP contribution in [0, 0.1) is 6.92 Å². The van der Waals surface area contributed by atoms with Crippen LogP contribution in [0.25, 0.3) is 0 Å². The van der Waals surface area contributed by atoms with Crippen molar-refractivity contribution < 1.29 is 34.0 Å². The van der Waals surface area contributed by atoms with E-state index in [1.54, 1.807) is 12.1 Å². The summed E-state index contributed by atoms with van der Waals surface area (Å²) in [5.41, 5.74) is 0.928. The maximum absolute atomic E-state index is 10.4. The van der Waals surface area contributed by atoms with E-state index in [-0.39, 0.29) is 26.0 Å². The van der Waals surface area contributed by atoms with Crippen molar-refractivity contribution in [2.75, 3.05) is 0 Å². The second-order valence-corrected chi connectivity index (χ2v) is 3.65. The monoisotopic (exact) mass is 366 g/mol. The van der Waals surface area contributed by atoms with Crippen LogP contribution in [0.3, 0.4) is 0 Å². The molecule has 0 amide bonds. The van der Waals surface area contributed by atoms with Gasteiger partial charge in [-0.1, -0.05) is 17.7 Å². The van der Waals surface area contributed by atoms with Crippen molar-refractivity contribution in [2.45, 2.75) is 11.8 Å². The van der Waals surface area contributed by atoms with Gasteiger partial charge in [-0.15, -0.1) is 0 Å². The predicted octanol–water partition coefficient (Wildman–Crippen LogP) is 0.897. The summed E-state index contributed by atoms with van der Waals surface area (Å²) in [6.45, 7) is 1.82. The molecule has 0 unspecified atom stereocenters. The third kappa shape index (κ3) is 3.05. The summed E-state index contributed by atoms with van der Waals surface area (Å²) < 4.78 is 31.2. The zero-order chi connectivity index (χ0) is 8.48. The summed E-state index contributed by atoms with van der Waals surface area (Å²) in [6, 6.07) is 5.78. The Labute approximate surface area is 85.8 Å². The van der Waals surface area contributed by atoms with Gasteiger partial charge in [-0.25, -0.2) is 8.42 Å². The van der Waals surface area contributed by atoms with Crippen molar-refractivity contribution >= 4 is 10.1 Å². The first-order chi connectivity index (χ1) is 5.00. The van der Waals surface area contributed by atoms with E-state index in [9.17, 15) is 13.0 Å². The summed E-state index contributed by atoms with van der Waals surface area (Å²) in [7, 11) is -4.27. The minimum Gasteiger partial charge on any atom is -0.744 e. The van der Waals surface area contributed by atoms with Gasteiger partial charge in [0.2, 0.25) is 0 Å². The molecule has 0 radical (unpaired) electrons. The Morgan fingerprint density at radius 2 is 1.58 bits per heavy atom. The normalized spacial score (nSPS) is 10.5. The summed E-state index contributed by atoms with van der Waals surface area (Å²) >= 11 is 0. The number of hydrogen-bond acceptors (Lipinski definition) is 3. The summed E-state index contributed by atoms with van der Waals surface area (Å²) in [5, 5.41) is 0. The molecule has 68 valence electrons. The van der Waals surface area contributed by atoms with Gasteiger partial charge in [-0.2, -0.15) is 0 Å². The van der Waals surface area contributed by atoms with E-state index in [2.05, 4.69) is 0 Å². The van der Waals surface area contributed by atoms with Gasteiger partial charge in [-0.05, 0) is 19.1 Å². The van der Waals surface area contributed by atoms with Crippen LogP contribution < -0.4 is 0 Å². The fraction of sp³-hybridized carbons (Fsp3) is 0.143. The average Bonchev–Trinajstić information content (AvgIpc) is 1.86. The SMILES string of the molecule is Cc1ccc(S(=O)(=O)[O-])cc1.[Pt+2]. The van der Waals surface area contributed by atoms with Gasteiger partial charge < -0.3 is 4.55 Å². The van der Waals surface area contributed by atoms with Crippen molar-refractivity contribution in [2.24, 2.45) is 0 Å². The molecule has 0 aliphatic heterocycles. The van der Waals surface area contributed by atoms with Crippen molar-refractivity contribution in [1.82, 2.24) is 0 Å². The van der Waals surface area contributed by atoms with E-state index < -0.39 is 10.1 Å². The minimum atomic E-state index is -4.27. The van der Waals surface area contributed by atoms with Gasteiger partial charge in [-0.3, -0.25) is 0 Å². The molecule has 12 heavy (non-hydrogen) atoms. The topological polar surface area (TPSA) is 57.2 Å². The first kappa shape index (κ1) is 11.8. The Morgan fingerprint density at radius 3 is 1.92 bits per heavy atom. The number of hydrogen-bond donors (Lipinski definition) is 0. The third-order valence-electron chi connectivity index (χ3n) is 1.31. The van der Waals surface area contributed by atoms with Crippen LogP contribution in [0.2, 0.25) is 0 Å². The fourth-order valence-corrected chi connectivity index (χ4v) is 1.17. The molecule has 1 aromatic rings. The average molecular weight is 366 g/mol. The molecule has 0 saturated carbocycles. The van der Waals surface area contributed by atoms with Crippen LogP contribution in [-0.2, 0) is 31.2 Å². The molecular weight excluding hydrogens is 359 g/mol. The van der Waals surface area contributed by atoms with E-state index in [4.69, 9.17) is 0 Å². The van der Waals surface area contributed by atoms with Crippen LogP contribution in [-0.4, -0.2) is 13.0 Å². The maximum atomic E-state index is 10.4. The van der Waals surface area contributed by atoms with Crippen LogP contribution >= 0.6 is 0 Å². The molecule has 5 heteroatoms. The third-order valence-corrected chi connectivity index (χ3v) is 2.16. The molecule has 1 aromatic carbocycles. The van der Waals surface area contributed by atoms with Gasteiger partial charge in [0, 0.05) is 0 Å². The van der Waals surface area contributed by atoms with Gasteiger partial charge in [0.25, 0.3) is 0 Å². The largest absolute Gasteiger partial charge is 2.00 e. The van der Waals surface area contributed by atoms with E-state index in [1.165, 1.54) is 12.1 Å². The second kappa shape index (κ2) is 4.17. The smallest absolute Gasteiger partial charge is 0.744 e. The Morgan fingerprint density at radius 1 is 1.17 bits per heavy atom. The van der Waals surface area contributed by atoms with Crippen LogP contribution in [0.1, 0.15) is 5.56 Å². The molecule has 0 aromatic heterocycles. The van der Waals surface area contributed by atoms with Crippen molar-refractivity contribution in [1.29, 1.82) is 0 Å². The molecule has 3 nitrogen and oxygen atoms in total. The molecule has 0 spiro atoms. The Bertz CT molecular complexity index is 341. The molecular formula is C7H7O3PtS+.